The molecule has 1 spiro atoms. The van der Waals surface area contributed by atoms with Gasteiger partial charge in [-0.25, -0.2) is 4.39 Å². The van der Waals surface area contributed by atoms with Gasteiger partial charge in [0, 0.05) is 36.5 Å². The molecule has 0 radical (unpaired) electrons. The summed E-state index contributed by atoms with van der Waals surface area (Å²) in [6.45, 7) is 8.16. The fourth-order valence-electron chi connectivity index (χ4n) is 6.21. The quantitative estimate of drug-likeness (QED) is 0.459. The van der Waals surface area contributed by atoms with Crippen LogP contribution in [0.15, 0.2) is 42.5 Å². The molecular weight excluding hydrogens is 514 g/mol. The van der Waals surface area contributed by atoms with Gasteiger partial charge in [0.1, 0.15) is 11.2 Å². The molecule has 0 aromatic heterocycles. The Bertz CT molecular complexity index is 1260. The Morgan fingerprint density at radius 1 is 1.14 bits per heavy atom. The standard InChI is InChI=1S/C28H31Cl2FN4O2/c1-16(36)33-12-13-34-25(37)24-22(19-6-5-7-20(30)23(19)31)27(15-32,17-8-10-18(29)11-9-17)28(35-24)14-21(28)26(2,3)4/h5-11,21-22,24,35H,12-14H2,1-4H3,(H,33,36)(H,34,37)/t21-,22-,24+,27+,28?/m0/s1. The normalized spacial score (nSPS) is 28.5. The summed E-state index contributed by atoms with van der Waals surface area (Å²) in [6.07, 6.45) is 0.640. The summed E-state index contributed by atoms with van der Waals surface area (Å²) < 4.78 is 15.7. The lowest BCUT2D eigenvalue weighted by atomic mass is 9.62. The highest BCUT2D eigenvalue weighted by Crippen LogP contribution is 2.70. The number of carbonyl (C=O) groups excluding carboxylic acids is 2. The van der Waals surface area contributed by atoms with E-state index in [9.17, 15) is 14.9 Å². The van der Waals surface area contributed by atoms with Gasteiger partial charge in [-0.05, 0) is 47.1 Å². The van der Waals surface area contributed by atoms with E-state index in [1.54, 1.807) is 36.4 Å². The third-order valence-electron chi connectivity index (χ3n) is 7.80. The van der Waals surface area contributed by atoms with Crippen LogP contribution in [0.5, 0.6) is 0 Å². The molecule has 1 heterocycles. The number of benzene rings is 2. The van der Waals surface area contributed by atoms with E-state index >= 15 is 4.39 Å². The van der Waals surface area contributed by atoms with Crippen LogP contribution in [0.3, 0.4) is 0 Å². The maximum Gasteiger partial charge on any atom is 0.237 e. The first kappa shape index (κ1) is 27.4. The second-order valence-electron chi connectivity index (χ2n) is 11.0. The molecule has 1 aliphatic heterocycles. The number of nitrogens with zero attached hydrogens (tertiary/aromatic N) is 1. The first-order chi connectivity index (χ1) is 17.4. The molecule has 5 atom stereocenters. The Balaban J connectivity index is 1.90. The second kappa shape index (κ2) is 9.90. The van der Waals surface area contributed by atoms with Crippen LogP contribution in [0, 0.1) is 28.5 Å². The van der Waals surface area contributed by atoms with Crippen LogP contribution in [0.1, 0.15) is 51.2 Å². The smallest absolute Gasteiger partial charge is 0.237 e. The molecule has 1 saturated heterocycles. The second-order valence-corrected chi connectivity index (χ2v) is 11.9. The summed E-state index contributed by atoms with van der Waals surface area (Å²) in [7, 11) is 0. The van der Waals surface area contributed by atoms with Crippen molar-refractivity contribution in [1.82, 2.24) is 16.0 Å². The average molecular weight is 545 g/mol. The molecule has 2 aromatic carbocycles. The monoisotopic (exact) mass is 544 g/mol. The lowest BCUT2D eigenvalue weighted by Crippen LogP contribution is -2.49. The lowest BCUT2D eigenvalue weighted by Gasteiger charge is -2.37. The Morgan fingerprint density at radius 3 is 2.35 bits per heavy atom. The number of hydrogen-bond donors (Lipinski definition) is 3. The number of carbonyl (C=O) groups is 2. The maximum absolute atomic E-state index is 15.7. The van der Waals surface area contributed by atoms with Gasteiger partial charge in [0.25, 0.3) is 0 Å². The fourth-order valence-corrected chi connectivity index (χ4v) is 6.52. The van der Waals surface area contributed by atoms with Gasteiger partial charge in [-0.2, -0.15) is 5.26 Å². The summed E-state index contributed by atoms with van der Waals surface area (Å²) >= 11 is 12.4. The average Bonchev–Trinajstić information content (AvgIpc) is 3.50. The number of hydrogen-bond acceptors (Lipinski definition) is 4. The van der Waals surface area contributed by atoms with Crippen molar-refractivity contribution >= 4 is 35.0 Å². The molecule has 9 heteroatoms. The van der Waals surface area contributed by atoms with Gasteiger partial charge in [0.05, 0.1) is 17.1 Å². The van der Waals surface area contributed by atoms with E-state index < -0.39 is 28.7 Å². The molecule has 1 unspecified atom stereocenters. The van der Waals surface area contributed by atoms with Crippen LogP contribution in [0.2, 0.25) is 10.0 Å². The molecule has 4 rings (SSSR count). The molecule has 6 nitrogen and oxygen atoms in total. The van der Waals surface area contributed by atoms with Crippen molar-refractivity contribution in [3.05, 3.63) is 69.5 Å². The van der Waals surface area contributed by atoms with Gasteiger partial charge in [-0.15, -0.1) is 0 Å². The predicted molar refractivity (Wildman–Crippen MR) is 142 cm³/mol. The Labute approximate surface area is 226 Å². The third-order valence-corrected chi connectivity index (χ3v) is 8.34. The fraction of sp³-hybridized carbons (Fsp3) is 0.464. The number of nitrogens with one attached hydrogen (secondary N) is 3. The largest absolute Gasteiger partial charge is 0.355 e. The highest BCUT2D eigenvalue weighted by Gasteiger charge is 2.78. The maximum atomic E-state index is 15.7. The van der Waals surface area contributed by atoms with Crippen LogP contribution in [-0.2, 0) is 15.0 Å². The van der Waals surface area contributed by atoms with Crippen molar-refractivity contribution in [3.8, 4) is 6.07 Å². The van der Waals surface area contributed by atoms with Gasteiger partial charge in [-0.1, -0.05) is 68.2 Å². The van der Waals surface area contributed by atoms with Gasteiger partial charge in [-0.3, -0.25) is 14.9 Å². The van der Waals surface area contributed by atoms with E-state index in [1.807, 2.05) is 0 Å². The highest BCUT2D eigenvalue weighted by atomic mass is 35.5. The van der Waals surface area contributed by atoms with Crippen molar-refractivity contribution in [1.29, 1.82) is 5.26 Å². The van der Waals surface area contributed by atoms with E-state index in [0.29, 0.717) is 17.0 Å². The molecule has 37 heavy (non-hydrogen) atoms. The first-order valence-corrected chi connectivity index (χ1v) is 13.1. The molecule has 2 aromatic rings. The summed E-state index contributed by atoms with van der Waals surface area (Å²) in [5.41, 5.74) is -1.39. The lowest BCUT2D eigenvalue weighted by molar-refractivity contribution is -0.123. The Hall–Kier alpha value is -2.66. The number of nitriles is 1. The molecule has 2 aliphatic rings. The first-order valence-electron chi connectivity index (χ1n) is 12.3. The predicted octanol–water partition coefficient (Wildman–Crippen LogP) is 4.71. The van der Waals surface area contributed by atoms with Crippen LogP contribution in [-0.4, -0.2) is 36.5 Å². The summed E-state index contributed by atoms with van der Waals surface area (Å²) in [4.78, 5) is 24.9. The van der Waals surface area contributed by atoms with E-state index in [2.05, 4.69) is 42.8 Å². The zero-order chi connectivity index (χ0) is 27.2. The van der Waals surface area contributed by atoms with Crippen molar-refractivity contribution in [2.24, 2.45) is 11.3 Å². The molecule has 1 aliphatic carbocycles. The van der Waals surface area contributed by atoms with Gasteiger partial charge < -0.3 is 10.6 Å². The van der Waals surface area contributed by atoms with Crippen molar-refractivity contribution in [2.75, 3.05) is 13.1 Å². The molecule has 0 bridgehead atoms. The Kier molecular flexibility index (Phi) is 7.33. The molecular formula is C28H31Cl2FN4O2. The minimum Gasteiger partial charge on any atom is -0.355 e. The van der Waals surface area contributed by atoms with Gasteiger partial charge >= 0.3 is 0 Å². The van der Waals surface area contributed by atoms with Gasteiger partial charge in [0.15, 0.2) is 0 Å². The van der Waals surface area contributed by atoms with Gasteiger partial charge in [0.2, 0.25) is 11.8 Å². The number of amides is 2. The van der Waals surface area contributed by atoms with Crippen molar-refractivity contribution < 1.29 is 14.0 Å². The highest BCUT2D eigenvalue weighted by molar-refractivity contribution is 6.31. The number of halogens is 3. The molecule has 2 fully saturated rings. The minimum absolute atomic E-state index is 0.0391. The molecule has 3 N–H and O–H groups in total. The minimum atomic E-state index is -1.29. The van der Waals surface area contributed by atoms with E-state index in [0.717, 1.165) is 0 Å². The Morgan fingerprint density at radius 2 is 1.78 bits per heavy atom. The van der Waals surface area contributed by atoms with E-state index in [4.69, 9.17) is 23.2 Å². The van der Waals surface area contributed by atoms with Crippen LogP contribution < -0.4 is 16.0 Å². The molecule has 2 amide bonds. The SMILES string of the molecule is CC(=O)NCCNC(=O)[C@@H]1NC2(C[C@H]2C(C)(C)C)[C@](C#N)(c2ccc(Cl)cc2)[C@H]1c1cccc(Cl)c1F. The zero-order valence-corrected chi connectivity index (χ0v) is 22.8. The molecule has 196 valence electrons. The number of rotatable bonds is 6. The van der Waals surface area contributed by atoms with Crippen molar-refractivity contribution in [3.63, 3.8) is 0 Å². The third kappa shape index (κ3) is 4.60. The summed E-state index contributed by atoms with van der Waals surface area (Å²) in [5.74, 6) is -2.07. The van der Waals surface area contributed by atoms with Crippen LogP contribution >= 0.6 is 23.2 Å². The van der Waals surface area contributed by atoms with Crippen LogP contribution in [0.25, 0.3) is 0 Å². The summed E-state index contributed by atoms with van der Waals surface area (Å²) in [6, 6.07) is 13.3. The zero-order valence-electron chi connectivity index (χ0n) is 21.3. The van der Waals surface area contributed by atoms with E-state index in [1.165, 1.54) is 13.0 Å². The van der Waals surface area contributed by atoms with Crippen LogP contribution in [0.4, 0.5) is 4.39 Å². The summed E-state index contributed by atoms with van der Waals surface area (Å²) in [5, 5.41) is 20.5. The topological polar surface area (TPSA) is 94.0 Å². The van der Waals surface area contributed by atoms with E-state index in [-0.39, 0.29) is 46.8 Å². The molecule has 1 saturated carbocycles. The van der Waals surface area contributed by atoms with Crippen molar-refractivity contribution in [2.45, 2.75) is 57.0 Å².